The summed E-state index contributed by atoms with van der Waals surface area (Å²) in [5.41, 5.74) is 1.26. The van der Waals surface area contributed by atoms with Gasteiger partial charge in [0.25, 0.3) is 0 Å². The Morgan fingerprint density at radius 2 is 1.93 bits per heavy atom. The molecule has 0 amide bonds. The van der Waals surface area contributed by atoms with Crippen molar-refractivity contribution in [1.82, 2.24) is 25.4 Å². The monoisotopic (exact) mass is 502 g/mol. The summed E-state index contributed by atoms with van der Waals surface area (Å²) >= 11 is 5.95. The van der Waals surface area contributed by atoms with E-state index in [1.807, 2.05) is 30.7 Å². The molecule has 0 atom stereocenters. The van der Waals surface area contributed by atoms with Gasteiger partial charge in [0.05, 0.1) is 0 Å². The summed E-state index contributed by atoms with van der Waals surface area (Å²) in [5, 5.41) is 16.1. The topological polar surface area (TPSA) is 67.1 Å². The Balaban J connectivity index is 0.00000261. The van der Waals surface area contributed by atoms with Gasteiger partial charge in [-0.05, 0) is 43.9 Å². The first kappa shape index (κ1) is 21.9. The Bertz CT molecular complexity index is 737. The molecule has 0 bridgehead atoms. The second kappa shape index (κ2) is 10.8. The maximum absolute atomic E-state index is 5.95. The third kappa shape index (κ3) is 6.64. The van der Waals surface area contributed by atoms with Gasteiger partial charge in [0.15, 0.2) is 11.8 Å². The molecule has 1 aromatic carbocycles. The maximum Gasteiger partial charge on any atom is 0.191 e. The van der Waals surface area contributed by atoms with E-state index in [-0.39, 0.29) is 24.0 Å². The largest absolute Gasteiger partial charge is 0.356 e. The van der Waals surface area contributed by atoms with Crippen LogP contribution < -0.4 is 10.6 Å². The number of aromatic nitrogens is 3. The van der Waals surface area contributed by atoms with Crippen LogP contribution in [0.1, 0.15) is 42.9 Å². The molecule has 0 radical (unpaired) electrons. The molecule has 27 heavy (non-hydrogen) atoms. The van der Waals surface area contributed by atoms with Crippen LogP contribution in [0.25, 0.3) is 0 Å². The van der Waals surface area contributed by atoms with Gasteiger partial charge < -0.3 is 15.2 Å². The van der Waals surface area contributed by atoms with Crippen LogP contribution in [0, 0.1) is 6.92 Å². The first-order valence-corrected chi connectivity index (χ1v) is 9.64. The Kier molecular flexibility index (Phi) is 8.82. The standard InChI is InChI=1S/C19H27ClN6.HI/c1-14-24-25-18(26(14)2)13-22-19(23-17-5-3-4-6-17)21-12-11-15-7-9-16(20)10-8-15;/h7-10,17H,3-6,11-13H2,1-2H3,(H2,21,22,23);1H. The van der Waals surface area contributed by atoms with Gasteiger partial charge in [-0.25, -0.2) is 4.99 Å². The number of nitrogens with zero attached hydrogens (tertiary/aromatic N) is 4. The van der Waals surface area contributed by atoms with Crippen molar-refractivity contribution in [3.05, 3.63) is 46.5 Å². The molecule has 1 heterocycles. The minimum absolute atomic E-state index is 0. The second-order valence-corrected chi connectivity index (χ2v) is 7.25. The van der Waals surface area contributed by atoms with Crippen LogP contribution in [0.15, 0.2) is 29.3 Å². The number of halogens is 2. The number of aliphatic imine (C=N–C) groups is 1. The molecule has 2 N–H and O–H groups in total. The molecule has 1 saturated carbocycles. The maximum atomic E-state index is 5.95. The molecule has 0 saturated heterocycles. The van der Waals surface area contributed by atoms with E-state index >= 15 is 0 Å². The van der Waals surface area contributed by atoms with Gasteiger partial charge in [-0.1, -0.05) is 36.6 Å². The first-order valence-electron chi connectivity index (χ1n) is 9.26. The molecule has 0 aliphatic heterocycles. The highest BCUT2D eigenvalue weighted by Crippen LogP contribution is 2.17. The van der Waals surface area contributed by atoms with Crippen molar-refractivity contribution in [1.29, 1.82) is 0 Å². The van der Waals surface area contributed by atoms with Crippen molar-refractivity contribution in [3.8, 4) is 0 Å². The predicted octanol–water partition coefficient (Wildman–Crippen LogP) is 3.62. The van der Waals surface area contributed by atoms with Gasteiger partial charge in [-0.2, -0.15) is 0 Å². The minimum atomic E-state index is 0. The number of hydrogen-bond acceptors (Lipinski definition) is 3. The minimum Gasteiger partial charge on any atom is -0.356 e. The summed E-state index contributed by atoms with van der Waals surface area (Å²) in [4.78, 5) is 4.73. The number of benzene rings is 1. The van der Waals surface area contributed by atoms with E-state index in [0.717, 1.165) is 35.6 Å². The van der Waals surface area contributed by atoms with Gasteiger partial charge in [0.2, 0.25) is 0 Å². The van der Waals surface area contributed by atoms with Crippen molar-refractivity contribution in [2.45, 2.75) is 51.6 Å². The average Bonchev–Trinajstić information content (AvgIpc) is 3.25. The van der Waals surface area contributed by atoms with Gasteiger partial charge in [0, 0.05) is 24.7 Å². The molecular formula is C19H28ClIN6. The number of guanidine groups is 1. The molecule has 3 rings (SSSR count). The summed E-state index contributed by atoms with van der Waals surface area (Å²) in [6.07, 6.45) is 5.92. The summed E-state index contributed by atoms with van der Waals surface area (Å²) in [7, 11) is 1.97. The van der Waals surface area contributed by atoms with Crippen LogP contribution in [0.4, 0.5) is 0 Å². The van der Waals surface area contributed by atoms with E-state index in [0.29, 0.717) is 12.6 Å². The lowest BCUT2D eigenvalue weighted by Gasteiger charge is -2.17. The zero-order valence-electron chi connectivity index (χ0n) is 15.9. The number of rotatable bonds is 6. The lowest BCUT2D eigenvalue weighted by atomic mass is 10.1. The lowest BCUT2D eigenvalue weighted by Crippen LogP contribution is -2.43. The molecule has 148 valence electrons. The van der Waals surface area contributed by atoms with Gasteiger partial charge in [-0.3, -0.25) is 0 Å². The van der Waals surface area contributed by atoms with E-state index in [9.17, 15) is 0 Å². The van der Waals surface area contributed by atoms with Crippen LogP contribution in [0.2, 0.25) is 5.02 Å². The normalized spacial score (nSPS) is 14.9. The third-order valence-electron chi connectivity index (χ3n) is 4.88. The molecule has 1 aromatic heterocycles. The van der Waals surface area contributed by atoms with Crippen molar-refractivity contribution < 1.29 is 0 Å². The fourth-order valence-corrected chi connectivity index (χ4v) is 3.26. The number of aryl methyl sites for hydroxylation is 1. The van der Waals surface area contributed by atoms with Gasteiger partial charge in [-0.15, -0.1) is 34.2 Å². The SMILES string of the molecule is Cc1nnc(CN=C(NCCc2ccc(Cl)cc2)NC2CCCC2)n1C.I. The fraction of sp³-hybridized carbons (Fsp3) is 0.526. The quantitative estimate of drug-likeness (QED) is 0.360. The predicted molar refractivity (Wildman–Crippen MR) is 121 cm³/mol. The molecule has 6 nitrogen and oxygen atoms in total. The van der Waals surface area contributed by atoms with Crippen molar-refractivity contribution in [3.63, 3.8) is 0 Å². The zero-order chi connectivity index (χ0) is 18.4. The highest BCUT2D eigenvalue weighted by molar-refractivity contribution is 14.0. The van der Waals surface area contributed by atoms with Crippen molar-refractivity contribution >= 4 is 41.5 Å². The Morgan fingerprint density at radius 3 is 2.56 bits per heavy atom. The van der Waals surface area contributed by atoms with E-state index in [1.54, 1.807) is 0 Å². The average molecular weight is 503 g/mol. The van der Waals surface area contributed by atoms with Crippen LogP contribution in [0.3, 0.4) is 0 Å². The summed E-state index contributed by atoms with van der Waals surface area (Å²) < 4.78 is 1.98. The van der Waals surface area contributed by atoms with Crippen LogP contribution in [-0.4, -0.2) is 33.3 Å². The third-order valence-corrected chi connectivity index (χ3v) is 5.13. The van der Waals surface area contributed by atoms with Crippen molar-refractivity contribution in [2.24, 2.45) is 12.0 Å². The molecule has 2 aromatic rings. The molecule has 1 aliphatic carbocycles. The van der Waals surface area contributed by atoms with Gasteiger partial charge in [0.1, 0.15) is 12.4 Å². The Hall–Kier alpha value is -1.35. The molecular weight excluding hydrogens is 475 g/mol. The molecule has 0 spiro atoms. The second-order valence-electron chi connectivity index (χ2n) is 6.82. The Morgan fingerprint density at radius 1 is 1.22 bits per heavy atom. The van der Waals surface area contributed by atoms with Crippen molar-refractivity contribution in [2.75, 3.05) is 6.54 Å². The fourth-order valence-electron chi connectivity index (χ4n) is 3.13. The van der Waals surface area contributed by atoms with E-state index < -0.39 is 0 Å². The zero-order valence-corrected chi connectivity index (χ0v) is 19.0. The van der Waals surface area contributed by atoms with Crippen LogP contribution in [-0.2, 0) is 20.0 Å². The molecule has 0 unspecified atom stereocenters. The highest BCUT2D eigenvalue weighted by atomic mass is 127. The summed E-state index contributed by atoms with van der Waals surface area (Å²) in [6, 6.07) is 8.50. The van der Waals surface area contributed by atoms with E-state index in [2.05, 4.69) is 33.0 Å². The summed E-state index contributed by atoms with van der Waals surface area (Å²) in [5.74, 6) is 2.62. The smallest absolute Gasteiger partial charge is 0.191 e. The first-order chi connectivity index (χ1) is 12.6. The number of nitrogens with one attached hydrogen (secondary N) is 2. The van der Waals surface area contributed by atoms with E-state index in [1.165, 1.54) is 31.2 Å². The molecule has 1 aliphatic rings. The molecule has 8 heteroatoms. The summed E-state index contributed by atoms with van der Waals surface area (Å²) in [6.45, 7) is 3.28. The Labute approximate surface area is 183 Å². The molecule has 1 fully saturated rings. The lowest BCUT2D eigenvalue weighted by molar-refractivity contribution is 0.610. The van der Waals surface area contributed by atoms with Crippen LogP contribution >= 0.6 is 35.6 Å². The van der Waals surface area contributed by atoms with E-state index in [4.69, 9.17) is 16.6 Å². The number of hydrogen-bond donors (Lipinski definition) is 2. The van der Waals surface area contributed by atoms with Crippen LogP contribution in [0.5, 0.6) is 0 Å². The van der Waals surface area contributed by atoms with Gasteiger partial charge >= 0.3 is 0 Å². The highest BCUT2D eigenvalue weighted by Gasteiger charge is 2.16.